The van der Waals surface area contributed by atoms with Crippen LogP contribution in [0, 0.1) is 35.5 Å². The maximum absolute atomic E-state index is 12.7. The summed E-state index contributed by atoms with van der Waals surface area (Å²) < 4.78 is 69.5. The molecule has 3 aromatic carbocycles. The van der Waals surface area contributed by atoms with Crippen LogP contribution in [0.3, 0.4) is 0 Å². The molecule has 3 aliphatic heterocycles. The Kier molecular flexibility index (Phi) is 30.6. The maximum atomic E-state index is 12.7. The Morgan fingerprint density at radius 3 is 1.15 bits per heavy atom. The molecule has 6 heterocycles. The zero-order valence-electron chi connectivity index (χ0n) is 59.5. The van der Waals surface area contributed by atoms with Gasteiger partial charge in [0.1, 0.15) is 33.9 Å². The molecule has 3 atom stereocenters. The van der Waals surface area contributed by atoms with E-state index in [0.29, 0.717) is 108 Å². The molecule has 3 aromatic heterocycles. The molecular weight excluding hydrogens is 1410 g/mol. The number of pyridine rings is 3. The molecule has 6 aromatic rings. The minimum atomic E-state index is -3.26. The van der Waals surface area contributed by atoms with E-state index in [4.69, 9.17) is 68.0 Å². The van der Waals surface area contributed by atoms with Gasteiger partial charge in [-0.2, -0.15) is 8.42 Å². The van der Waals surface area contributed by atoms with E-state index in [0.717, 1.165) is 90.3 Å². The molecule has 102 heavy (non-hydrogen) atoms. The van der Waals surface area contributed by atoms with Crippen LogP contribution in [0.1, 0.15) is 167 Å². The van der Waals surface area contributed by atoms with Gasteiger partial charge in [-0.05, 0) is 160 Å². The number of carbonyl (C=O) groups excluding carboxylic acids is 2. The first-order valence-corrected chi connectivity index (χ1v) is 36.6. The summed E-state index contributed by atoms with van der Waals surface area (Å²) >= 11 is 19.2. The average molecular weight is 1500 g/mol. The minimum Gasteiger partial charge on any atom is -0.870 e. The fraction of sp³-hybridized carbons (Fsp3) is 0.520. The fourth-order valence-electron chi connectivity index (χ4n) is 13.5. The van der Waals surface area contributed by atoms with Gasteiger partial charge in [-0.3, -0.25) is 18.6 Å². The summed E-state index contributed by atoms with van der Waals surface area (Å²) in [6.07, 6.45) is 14.7. The molecule has 0 saturated heterocycles. The molecule has 0 amide bonds. The quantitative estimate of drug-likeness (QED) is 0.0408. The third-order valence-corrected chi connectivity index (χ3v) is 20.9. The SMILES string of the molecule is C.CCOC(=O)c1cn2c(cc1=O)-c1cc(Cl)c(O)cc1CC2C(C)C.CCOC(=O)c1cn2c(cc1=O)-c1cc(Cl)c(OCC3CC(OC)C3)cc1CC2C(C)C.COC1CC(COS(C)(=O)=O)C1.COC1CC(COc2cc3c(cc2Cl)-c2cc(=O)c(C(=O)O)cn2C(C(C)C)C3)C1.[Na+].[OH-]. The Bertz CT molecular complexity index is 4270. The molecule has 3 N–H and O–H groups in total. The summed E-state index contributed by atoms with van der Waals surface area (Å²) in [6, 6.07) is 15.6. The summed E-state index contributed by atoms with van der Waals surface area (Å²) in [5, 5.41) is 20.5. The van der Waals surface area contributed by atoms with E-state index in [1.54, 1.807) is 59.7 Å². The van der Waals surface area contributed by atoms with Gasteiger partial charge in [0.15, 0.2) is 16.3 Å². The zero-order valence-corrected chi connectivity index (χ0v) is 64.6. The number of nitrogens with zero attached hydrogens (tertiary/aromatic N) is 3. The van der Waals surface area contributed by atoms with Crippen LogP contribution >= 0.6 is 34.8 Å². The summed E-state index contributed by atoms with van der Waals surface area (Å²) in [4.78, 5) is 73.4. The standard InChI is InChI=1S/C25H30ClNO5.C23H26ClNO5.C19H20ClNO4.C7H14O4S.CH4.Na.H2O/c1-5-31-25(29)19-12-27-21(14(2)3)8-16-9-24(32-13-15-6-17(7-15)30-4)20(26)10-18(16)22(27)11-23(19)28;1-12(2)19-6-14-7-22(30-11-13-4-15(5-13)29-3)18(24)8-16(14)20-9-21(26)17(23(27)28)10-25(19)20;1-4-25-19(24)13-9-21-15(10(2)3)5-11-6-18(23)14(20)7-12(11)16(21)8-17(13)22;1-10-7-3-6(4-7)5-11-12(2,8)9;;;/h9-12,14-15,17,21H,5-8,13H2,1-4H3;7-10,12-13,15,19H,4-6,11H2,1-3H3,(H,27,28);6-10,15,23H,4-5H2,1-3H3;6-7H,3-5H2,1-2H3;1H4;;1H2/q;;;;;+1;/p-1. The van der Waals surface area contributed by atoms with Crippen molar-refractivity contribution in [2.75, 3.05) is 60.6 Å². The van der Waals surface area contributed by atoms with E-state index < -0.39 is 33.5 Å². The molecule has 3 aliphatic carbocycles. The van der Waals surface area contributed by atoms with Gasteiger partial charge in [0.25, 0.3) is 10.1 Å². The number of phenols is 1. The van der Waals surface area contributed by atoms with Crippen LogP contribution in [-0.4, -0.2) is 135 Å². The molecular formula is C75H95Cl3N3NaO19S. The van der Waals surface area contributed by atoms with E-state index in [1.807, 2.05) is 38.0 Å². The predicted molar refractivity (Wildman–Crippen MR) is 388 cm³/mol. The largest absolute Gasteiger partial charge is 1.00 e. The van der Waals surface area contributed by atoms with Crippen LogP contribution in [0.25, 0.3) is 33.8 Å². The van der Waals surface area contributed by atoms with Gasteiger partial charge in [0, 0.05) is 92.9 Å². The van der Waals surface area contributed by atoms with Crippen LogP contribution in [0.15, 0.2) is 87.6 Å². The number of aromatic hydroxyl groups is 1. The smallest absolute Gasteiger partial charge is 0.870 e. The topological polar surface area (TPSA) is 296 Å². The number of esters is 2. The van der Waals surface area contributed by atoms with Gasteiger partial charge in [0.05, 0.1) is 89.8 Å². The number of aromatic nitrogens is 3. The van der Waals surface area contributed by atoms with Gasteiger partial charge in [-0.25, -0.2) is 14.4 Å². The van der Waals surface area contributed by atoms with E-state index in [2.05, 4.69) is 45.7 Å². The van der Waals surface area contributed by atoms with Crippen molar-refractivity contribution in [1.82, 2.24) is 13.7 Å². The van der Waals surface area contributed by atoms with E-state index in [9.17, 15) is 47.4 Å². The first-order chi connectivity index (χ1) is 46.9. The second-order valence-electron chi connectivity index (χ2n) is 27.4. The molecule has 3 unspecified atom stereocenters. The summed E-state index contributed by atoms with van der Waals surface area (Å²) in [5.41, 5.74) is 6.42. The van der Waals surface area contributed by atoms with E-state index in [-0.39, 0.29) is 124 Å². The fourth-order valence-corrected chi connectivity index (χ4v) is 14.6. The van der Waals surface area contributed by atoms with Crippen molar-refractivity contribution < 1.29 is 105 Å². The van der Waals surface area contributed by atoms with Crippen molar-refractivity contribution in [3.8, 4) is 51.0 Å². The average Bonchev–Trinajstić information content (AvgIpc) is 0.761. The first kappa shape index (κ1) is 84.9. The predicted octanol–water partition coefficient (Wildman–Crippen LogP) is 11.0. The zero-order chi connectivity index (χ0) is 72.1. The number of carbonyl (C=O) groups is 3. The van der Waals surface area contributed by atoms with Gasteiger partial charge < -0.3 is 62.5 Å². The van der Waals surface area contributed by atoms with Crippen molar-refractivity contribution >= 4 is 62.8 Å². The number of hydrogen-bond acceptors (Lipinski definition) is 18. The molecule has 27 heteroatoms. The maximum Gasteiger partial charge on any atom is 1.00 e. The minimum absolute atomic E-state index is 0. The summed E-state index contributed by atoms with van der Waals surface area (Å²) in [7, 11) is 1.88. The Hall–Kier alpha value is -6.06. The van der Waals surface area contributed by atoms with Gasteiger partial charge in [-0.15, -0.1) is 0 Å². The number of ether oxygens (including phenoxy) is 7. The molecule has 3 saturated carbocycles. The van der Waals surface area contributed by atoms with E-state index in [1.165, 1.54) is 24.4 Å². The number of carboxylic acids is 1. The molecule has 6 aliphatic rings. The molecule has 3 fully saturated rings. The number of methoxy groups -OCH3 is 3. The Morgan fingerprint density at radius 2 is 0.833 bits per heavy atom. The van der Waals surface area contributed by atoms with Crippen LogP contribution in [0.5, 0.6) is 17.2 Å². The number of benzene rings is 3. The third-order valence-electron chi connectivity index (χ3n) is 19.5. The number of fused-ring (bicyclic) bond motifs is 9. The Labute approximate surface area is 633 Å². The number of hydrogen-bond donors (Lipinski definition) is 2. The monoisotopic (exact) mass is 1500 g/mol. The van der Waals surface area contributed by atoms with Crippen LogP contribution in [0.4, 0.5) is 0 Å². The van der Waals surface area contributed by atoms with Crippen LogP contribution in [0.2, 0.25) is 15.1 Å². The van der Waals surface area contributed by atoms with Crippen molar-refractivity contribution in [3.63, 3.8) is 0 Å². The third kappa shape index (κ3) is 19.9. The number of rotatable bonds is 20. The van der Waals surface area contributed by atoms with Crippen molar-refractivity contribution in [3.05, 3.63) is 152 Å². The first-order valence-electron chi connectivity index (χ1n) is 33.7. The second-order valence-corrected chi connectivity index (χ2v) is 30.2. The van der Waals surface area contributed by atoms with Crippen LogP contribution in [-0.2, 0) is 57.2 Å². The van der Waals surface area contributed by atoms with Crippen molar-refractivity contribution in [2.45, 2.75) is 157 Å². The summed E-state index contributed by atoms with van der Waals surface area (Å²) in [6.45, 7) is 18.0. The molecule has 0 bridgehead atoms. The number of carboxylic acid groups (broad SMARTS) is 1. The van der Waals surface area contributed by atoms with Crippen molar-refractivity contribution in [1.29, 1.82) is 0 Å². The van der Waals surface area contributed by atoms with Gasteiger partial charge >= 0.3 is 47.5 Å². The second kappa shape index (κ2) is 36.8. The summed E-state index contributed by atoms with van der Waals surface area (Å²) in [5.74, 6) is 1.06. The number of aromatic carboxylic acids is 1. The number of halogens is 3. The molecule has 22 nitrogen and oxygen atoms in total. The van der Waals surface area contributed by atoms with Gasteiger partial charge in [-0.1, -0.05) is 83.8 Å². The van der Waals surface area contributed by atoms with Crippen LogP contribution < -0.4 is 55.3 Å². The normalized spacial score (nSPS) is 20.6. The van der Waals surface area contributed by atoms with E-state index >= 15 is 0 Å². The molecule has 12 rings (SSSR count). The molecule has 0 spiro atoms. The number of phenolic OH excluding ortho intramolecular Hbond substituents is 1. The molecule has 0 radical (unpaired) electrons. The molecule has 552 valence electrons. The van der Waals surface area contributed by atoms with Crippen molar-refractivity contribution in [2.24, 2.45) is 35.5 Å². The van der Waals surface area contributed by atoms with Gasteiger partial charge in [0.2, 0.25) is 0 Å². The Balaban J connectivity index is 0.000000220. The Morgan fingerprint density at radius 1 is 0.520 bits per heavy atom.